The summed E-state index contributed by atoms with van der Waals surface area (Å²) < 4.78 is 7.45. The molecular weight excluding hydrogens is 232 g/mol. The smallest absolute Gasteiger partial charge is 0.238 e. The highest BCUT2D eigenvalue weighted by molar-refractivity contribution is 5.57. The van der Waals surface area contributed by atoms with Gasteiger partial charge in [-0.3, -0.25) is 4.57 Å². The first-order chi connectivity index (χ1) is 8.48. The molecule has 0 saturated carbocycles. The van der Waals surface area contributed by atoms with E-state index in [4.69, 9.17) is 4.74 Å². The summed E-state index contributed by atoms with van der Waals surface area (Å²) in [6.07, 6.45) is 0.921. The predicted octanol–water partition coefficient (Wildman–Crippen LogP) is 1.74. The Morgan fingerprint density at radius 1 is 1.44 bits per heavy atom. The zero-order chi connectivity index (χ0) is 13.1. The zero-order valence-corrected chi connectivity index (χ0v) is 11.0. The lowest BCUT2D eigenvalue weighted by atomic mass is 9.81. The van der Waals surface area contributed by atoms with E-state index in [9.17, 15) is 10.2 Å². The zero-order valence-electron chi connectivity index (χ0n) is 11.0. The van der Waals surface area contributed by atoms with Gasteiger partial charge in [-0.25, -0.2) is 0 Å². The van der Waals surface area contributed by atoms with Gasteiger partial charge in [0.15, 0.2) is 5.75 Å². The van der Waals surface area contributed by atoms with Crippen molar-refractivity contribution in [2.24, 2.45) is 5.92 Å². The second kappa shape index (κ2) is 3.57. The number of aromatic hydroxyl groups is 2. The minimum Gasteiger partial charge on any atom is -0.494 e. The van der Waals surface area contributed by atoms with Crippen LogP contribution in [0.15, 0.2) is 0 Å². The fourth-order valence-corrected chi connectivity index (χ4v) is 3.41. The summed E-state index contributed by atoms with van der Waals surface area (Å²) in [4.78, 5) is 0. The first kappa shape index (κ1) is 11.7. The SMILES string of the molecule is CCn1c(O)c2c(c1O)[C@@H]1NC[C@@H](C)C[C@]1(C)O2. The van der Waals surface area contributed by atoms with Gasteiger partial charge in [-0.1, -0.05) is 6.92 Å². The molecule has 0 aromatic carbocycles. The van der Waals surface area contributed by atoms with Gasteiger partial charge in [0.05, 0.1) is 11.6 Å². The summed E-state index contributed by atoms with van der Waals surface area (Å²) in [5, 5.41) is 23.8. The molecule has 100 valence electrons. The molecular formula is C13H20N2O3. The van der Waals surface area contributed by atoms with E-state index in [0.717, 1.165) is 13.0 Å². The molecule has 2 aliphatic heterocycles. The lowest BCUT2D eigenvalue weighted by Gasteiger charge is -2.39. The number of hydrogen-bond donors (Lipinski definition) is 3. The predicted molar refractivity (Wildman–Crippen MR) is 67.0 cm³/mol. The van der Waals surface area contributed by atoms with Crippen LogP contribution in [0, 0.1) is 5.92 Å². The van der Waals surface area contributed by atoms with E-state index < -0.39 is 0 Å². The van der Waals surface area contributed by atoms with Gasteiger partial charge >= 0.3 is 0 Å². The summed E-state index contributed by atoms with van der Waals surface area (Å²) in [5.41, 5.74) is 0.341. The van der Waals surface area contributed by atoms with Crippen LogP contribution in [0.2, 0.25) is 0 Å². The molecule has 3 atom stereocenters. The van der Waals surface area contributed by atoms with Gasteiger partial charge in [0, 0.05) is 6.54 Å². The molecule has 0 spiro atoms. The first-order valence-electron chi connectivity index (χ1n) is 6.54. The largest absolute Gasteiger partial charge is 0.494 e. The molecule has 1 aromatic rings. The summed E-state index contributed by atoms with van der Waals surface area (Å²) in [6, 6.07) is -0.0394. The minimum absolute atomic E-state index is 0.0371. The van der Waals surface area contributed by atoms with Crippen LogP contribution in [0.1, 0.15) is 38.8 Å². The maximum absolute atomic E-state index is 10.2. The van der Waals surface area contributed by atoms with Crippen LogP contribution in [0.25, 0.3) is 0 Å². The van der Waals surface area contributed by atoms with Crippen molar-refractivity contribution in [3.8, 4) is 17.5 Å². The summed E-state index contributed by atoms with van der Waals surface area (Å²) >= 11 is 0. The van der Waals surface area contributed by atoms with Crippen LogP contribution in [-0.2, 0) is 6.54 Å². The van der Waals surface area contributed by atoms with Crippen LogP contribution >= 0.6 is 0 Å². The van der Waals surface area contributed by atoms with Crippen molar-refractivity contribution in [2.75, 3.05) is 6.54 Å². The maximum Gasteiger partial charge on any atom is 0.238 e. The molecule has 0 aliphatic carbocycles. The Labute approximate surface area is 106 Å². The van der Waals surface area contributed by atoms with Gasteiger partial charge in [-0.15, -0.1) is 0 Å². The Bertz CT molecular complexity index is 497. The third-order valence-electron chi connectivity index (χ3n) is 4.17. The van der Waals surface area contributed by atoms with Crippen molar-refractivity contribution in [1.29, 1.82) is 0 Å². The van der Waals surface area contributed by atoms with Crippen LogP contribution < -0.4 is 10.1 Å². The molecule has 1 aromatic heterocycles. The molecule has 3 N–H and O–H groups in total. The normalized spacial score (nSPS) is 33.9. The standard InChI is InChI=1S/C13H20N2O3/c1-4-15-11(16)8-9(12(15)17)18-13(3)5-7(2)6-14-10(8)13/h7,10,14,16-17H,4-6H2,1-3H3/t7-,10-,13-/m0/s1. The van der Waals surface area contributed by atoms with E-state index in [1.165, 1.54) is 4.57 Å². The average molecular weight is 252 g/mol. The van der Waals surface area contributed by atoms with Crippen molar-refractivity contribution in [3.05, 3.63) is 5.56 Å². The monoisotopic (exact) mass is 252 g/mol. The number of rotatable bonds is 1. The van der Waals surface area contributed by atoms with Crippen molar-refractivity contribution < 1.29 is 14.9 Å². The summed E-state index contributed by atoms with van der Waals surface area (Å²) in [6.45, 7) is 7.51. The number of aromatic nitrogens is 1. The summed E-state index contributed by atoms with van der Waals surface area (Å²) in [5.74, 6) is 1.14. The molecule has 18 heavy (non-hydrogen) atoms. The van der Waals surface area contributed by atoms with Crippen LogP contribution in [-0.4, -0.2) is 26.9 Å². The Morgan fingerprint density at radius 3 is 2.83 bits per heavy atom. The van der Waals surface area contributed by atoms with E-state index in [-0.39, 0.29) is 23.4 Å². The number of ether oxygens (including phenoxy) is 1. The summed E-state index contributed by atoms with van der Waals surface area (Å²) in [7, 11) is 0. The second-order valence-electron chi connectivity index (χ2n) is 5.70. The number of piperidine rings is 1. The van der Waals surface area contributed by atoms with Gasteiger partial charge in [0.1, 0.15) is 5.60 Å². The lowest BCUT2D eigenvalue weighted by molar-refractivity contribution is 0.0234. The van der Waals surface area contributed by atoms with Crippen LogP contribution in [0.5, 0.6) is 17.5 Å². The third-order valence-corrected chi connectivity index (χ3v) is 4.17. The average Bonchev–Trinajstić information content (AvgIpc) is 2.71. The second-order valence-corrected chi connectivity index (χ2v) is 5.70. The van der Waals surface area contributed by atoms with Crippen molar-refractivity contribution in [3.63, 3.8) is 0 Å². The minimum atomic E-state index is -0.371. The fourth-order valence-electron chi connectivity index (χ4n) is 3.41. The number of nitrogens with one attached hydrogen (secondary N) is 1. The third kappa shape index (κ3) is 1.31. The Hall–Kier alpha value is -1.36. The molecule has 2 aliphatic rings. The van der Waals surface area contributed by atoms with E-state index in [1.807, 2.05) is 13.8 Å². The van der Waals surface area contributed by atoms with Gasteiger partial charge in [0.2, 0.25) is 11.8 Å². The van der Waals surface area contributed by atoms with Crippen molar-refractivity contribution in [2.45, 2.75) is 45.4 Å². The highest BCUT2D eigenvalue weighted by atomic mass is 16.5. The van der Waals surface area contributed by atoms with Gasteiger partial charge < -0.3 is 20.3 Å². The molecule has 5 heteroatoms. The highest BCUT2D eigenvalue weighted by Gasteiger charge is 2.52. The molecule has 0 radical (unpaired) electrons. The molecule has 1 fully saturated rings. The highest BCUT2D eigenvalue weighted by Crippen LogP contribution is 2.56. The maximum atomic E-state index is 10.2. The molecule has 0 amide bonds. The molecule has 0 unspecified atom stereocenters. The van der Waals surface area contributed by atoms with Crippen LogP contribution in [0.3, 0.4) is 0 Å². The van der Waals surface area contributed by atoms with Crippen molar-refractivity contribution >= 4 is 0 Å². The van der Waals surface area contributed by atoms with E-state index in [1.54, 1.807) is 0 Å². The Morgan fingerprint density at radius 2 is 2.17 bits per heavy atom. The number of nitrogens with zero attached hydrogens (tertiary/aromatic N) is 1. The lowest BCUT2D eigenvalue weighted by Crippen LogP contribution is -2.49. The van der Waals surface area contributed by atoms with Crippen LogP contribution in [0.4, 0.5) is 0 Å². The van der Waals surface area contributed by atoms with Crippen molar-refractivity contribution in [1.82, 2.24) is 9.88 Å². The molecule has 0 bridgehead atoms. The molecule has 3 rings (SSSR count). The van der Waals surface area contributed by atoms with Gasteiger partial charge in [-0.05, 0) is 32.7 Å². The molecule has 5 nitrogen and oxygen atoms in total. The van der Waals surface area contributed by atoms with Gasteiger partial charge in [-0.2, -0.15) is 0 Å². The first-order valence-corrected chi connectivity index (χ1v) is 6.54. The quantitative estimate of drug-likeness (QED) is 0.712. The van der Waals surface area contributed by atoms with E-state index in [0.29, 0.717) is 23.8 Å². The van der Waals surface area contributed by atoms with E-state index in [2.05, 4.69) is 12.2 Å². The number of fused-ring (bicyclic) bond motifs is 3. The van der Waals surface area contributed by atoms with E-state index >= 15 is 0 Å². The Kier molecular flexibility index (Phi) is 2.32. The topological polar surface area (TPSA) is 66.7 Å². The fraction of sp³-hybridized carbons (Fsp3) is 0.692. The Balaban J connectivity index is 2.09. The number of hydrogen-bond acceptors (Lipinski definition) is 4. The van der Waals surface area contributed by atoms with Gasteiger partial charge in [0.25, 0.3) is 0 Å². The molecule has 1 saturated heterocycles. The molecule has 3 heterocycles.